The van der Waals surface area contributed by atoms with E-state index in [4.69, 9.17) is 14.7 Å². The van der Waals surface area contributed by atoms with Gasteiger partial charge in [0, 0.05) is 5.69 Å². The molecule has 8 heteroatoms. The fraction of sp³-hybridized carbons (Fsp3) is 0.200. The molecule has 28 heavy (non-hydrogen) atoms. The van der Waals surface area contributed by atoms with E-state index in [2.05, 4.69) is 10.6 Å². The van der Waals surface area contributed by atoms with Gasteiger partial charge in [-0.25, -0.2) is 0 Å². The Labute approximate surface area is 161 Å². The molecule has 0 bridgehead atoms. The molecule has 0 aliphatic carbocycles. The Kier molecular flexibility index (Phi) is 5.56. The van der Waals surface area contributed by atoms with Crippen molar-refractivity contribution in [3.05, 3.63) is 54.1 Å². The molecule has 2 N–H and O–H groups in total. The minimum atomic E-state index is -1.09. The second-order valence-corrected chi connectivity index (χ2v) is 6.11. The van der Waals surface area contributed by atoms with E-state index in [9.17, 15) is 14.4 Å². The molecular weight excluding hydrogens is 362 g/mol. The summed E-state index contributed by atoms with van der Waals surface area (Å²) in [6.07, 6.45) is -2.45. The van der Waals surface area contributed by atoms with Crippen LogP contribution in [-0.4, -0.2) is 30.0 Å². The number of carbonyl (C=O) groups excluding carboxylic acids is 3. The smallest absolute Gasteiger partial charge is 0.310 e. The lowest BCUT2D eigenvalue weighted by molar-refractivity contribution is -0.155. The summed E-state index contributed by atoms with van der Waals surface area (Å²) in [7, 11) is 0. The molecule has 0 aromatic heterocycles. The van der Waals surface area contributed by atoms with Gasteiger partial charge in [-0.2, -0.15) is 5.26 Å². The van der Waals surface area contributed by atoms with Crippen molar-refractivity contribution in [2.75, 3.05) is 10.6 Å². The number of nitriles is 1. The highest BCUT2D eigenvalue weighted by molar-refractivity contribution is 6.00. The number of esters is 1. The number of nitrogens with zero attached hydrogens (tertiary/aromatic N) is 1. The molecule has 0 unspecified atom stereocenters. The minimum absolute atomic E-state index is 0.332. The number of anilines is 2. The van der Waals surface area contributed by atoms with Crippen molar-refractivity contribution in [3.63, 3.8) is 0 Å². The summed E-state index contributed by atoms with van der Waals surface area (Å²) in [6, 6.07) is 15.2. The zero-order chi connectivity index (χ0) is 20.1. The lowest BCUT2D eigenvalue weighted by atomic mass is 10.1. The number of hydrogen-bond donors (Lipinski definition) is 2. The first kappa shape index (κ1) is 18.9. The van der Waals surface area contributed by atoms with Gasteiger partial charge in [0.2, 0.25) is 0 Å². The zero-order valence-corrected chi connectivity index (χ0v) is 15.0. The molecule has 0 fully saturated rings. The monoisotopic (exact) mass is 379 g/mol. The molecule has 0 saturated carbocycles. The van der Waals surface area contributed by atoms with Gasteiger partial charge < -0.3 is 20.1 Å². The molecular formula is C20H17N3O5. The first-order valence-electron chi connectivity index (χ1n) is 8.53. The maximum Gasteiger partial charge on any atom is 0.310 e. The second-order valence-electron chi connectivity index (χ2n) is 6.11. The van der Waals surface area contributed by atoms with Crippen molar-refractivity contribution < 1.29 is 23.9 Å². The van der Waals surface area contributed by atoms with Gasteiger partial charge >= 0.3 is 5.97 Å². The van der Waals surface area contributed by atoms with Crippen LogP contribution < -0.4 is 15.4 Å². The summed E-state index contributed by atoms with van der Waals surface area (Å²) < 4.78 is 10.6. The molecule has 0 radical (unpaired) electrons. The quantitative estimate of drug-likeness (QED) is 0.769. The van der Waals surface area contributed by atoms with Crippen LogP contribution in [0.5, 0.6) is 5.75 Å². The number of carbonyl (C=O) groups is 3. The van der Waals surface area contributed by atoms with Crippen molar-refractivity contribution in [1.82, 2.24) is 0 Å². The number of fused-ring (bicyclic) bond motifs is 1. The van der Waals surface area contributed by atoms with Gasteiger partial charge in [0.15, 0.2) is 12.2 Å². The molecule has 142 valence electrons. The average molecular weight is 379 g/mol. The van der Waals surface area contributed by atoms with Crippen molar-refractivity contribution in [1.29, 1.82) is 5.26 Å². The maximum atomic E-state index is 12.2. The summed E-state index contributed by atoms with van der Waals surface area (Å²) in [4.78, 5) is 36.4. The molecule has 1 aliphatic rings. The van der Waals surface area contributed by atoms with Crippen molar-refractivity contribution in [2.24, 2.45) is 0 Å². The fourth-order valence-corrected chi connectivity index (χ4v) is 2.59. The molecule has 1 heterocycles. The Morgan fingerprint density at radius 2 is 2.07 bits per heavy atom. The molecule has 2 amide bonds. The highest BCUT2D eigenvalue weighted by Gasteiger charge is 2.31. The lowest BCUT2D eigenvalue weighted by Gasteiger charge is -2.25. The highest BCUT2D eigenvalue weighted by atomic mass is 16.6. The summed E-state index contributed by atoms with van der Waals surface area (Å²) in [5.41, 5.74) is 1.34. The average Bonchev–Trinajstić information content (AvgIpc) is 2.68. The van der Waals surface area contributed by atoms with Crippen LogP contribution >= 0.6 is 0 Å². The Balaban J connectivity index is 1.55. The third kappa shape index (κ3) is 4.45. The minimum Gasteiger partial charge on any atom is -0.478 e. The highest BCUT2D eigenvalue weighted by Crippen LogP contribution is 2.29. The standard InChI is InChI=1S/C20H17N3O5/c1-12(19(25)22-14-6-4-5-13(9-14)11-21)27-18(24)10-17-20(26)23-15-7-2-3-8-16(15)28-17/h2-9,12,17H,10H2,1H3,(H,22,25)(H,23,26)/t12-,17+/m1/s1. The third-order valence-corrected chi connectivity index (χ3v) is 4.00. The van der Waals surface area contributed by atoms with Gasteiger partial charge in [0.05, 0.1) is 23.7 Å². The van der Waals surface area contributed by atoms with Crippen LogP contribution in [0.2, 0.25) is 0 Å². The Bertz CT molecular complexity index is 966. The summed E-state index contributed by atoms with van der Waals surface area (Å²) in [5, 5.41) is 14.1. The molecule has 2 atom stereocenters. The van der Waals surface area contributed by atoms with Crippen molar-refractivity contribution in [2.45, 2.75) is 25.6 Å². The van der Waals surface area contributed by atoms with E-state index in [0.717, 1.165) is 0 Å². The van der Waals surface area contributed by atoms with E-state index in [0.29, 0.717) is 22.7 Å². The Hall–Kier alpha value is -3.86. The van der Waals surface area contributed by atoms with Crippen molar-refractivity contribution >= 4 is 29.2 Å². The SMILES string of the molecule is C[C@@H](OC(=O)C[C@@H]1Oc2ccccc2NC1=O)C(=O)Nc1cccc(C#N)c1. The number of amides is 2. The topological polar surface area (TPSA) is 118 Å². The molecule has 2 aromatic rings. The van der Waals surface area contributed by atoms with Gasteiger partial charge in [-0.05, 0) is 37.3 Å². The van der Waals surface area contributed by atoms with Crippen LogP contribution in [0.4, 0.5) is 11.4 Å². The van der Waals surface area contributed by atoms with E-state index in [1.807, 2.05) is 6.07 Å². The number of benzene rings is 2. The first-order chi connectivity index (χ1) is 13.5. The first-order valence-corrected chi connectivity index (χ1v) is 8.53. The summed E-state index contributed by atoms with van der Waals surface area (Å²) >= 11 is 0. The predicted molar refractivity (Wildman–Crippen MR) is 99.4 cm³/mol. The second kappa shape index (κ2) is 8.22. The van der Waals surface area contributed by atoms with Crippen LogP contribution in [0.1, 0.15) is 18.9 Å². The molecule has 2 aromatic carbocycles. The van der Waals surface area contributed by atoms with Crippen LogP contribution in [-0.2, 0) is 19.1 Å². The van der Waals surface area contributed by atoms with Gasteiger partial charge in [0.1, 0.15) is 5.75 Å². The zero-order valence-electron chi connectivity index (χ0n) is 15.0. The molecule has 1 aliphatic heterocycles. The maximum absolute atomic E-state index is 12.2. The number of nitrogens with one attached hydrogen (secondary N) is 2. The van der Waals surface area contributed by atoms with Crippen LogP contribution in [0, 0.1) is 11.3 Å². The van der Waals surface area contributed by atoms with Gasteiger partial charge in [0.25, 0.3) is 11.8 Å². The number of para-hydroxylation sites is 2. The molecule has 8 nitrogen and oxygen atoms in total. The van der Waals surface area contributed by atoms with E-state index >= 15 is 0 Å². The Morgan fingerprint density at radius 3 is 2.86 bits per heavy atom. The van der Waals surface area contributed by atoms with Crippen LogP contribution in [0.15, 0.2) is 48.5 Å². The van der Waals surface area contributed by atoms with Crippen LogP contribution in [0.25, 0.3) is 0 Å². The van der Waals surface area contributed by atoms with Gasteiger partial charge in [-0.3, -0.25) is 14.4 Å². The Morgan fingerprint density at radius 1 is 1.29 bits per heavy atom. The van der Waals surface area contributed by atoms with Gasteiger partial charge in [-0.15, -0.1) is 0 Å². The van der Waals surface area contributed by atoms with Crippen LogP contribution in [0.3, 0.4) is 0 Å². The van der Waals surface area contributed by atoms with E-state index < -0.39 is 30.0 Å². The summed E-state index contributed by atoms with van der Waals surface area (Å²) in [5.74, 6) is -1.29. The normalized spacial score (nSPS) is 15.9. The lowest BCUT2D eigenvalue weighted by Crippen LogP contribution is -2.40. The van der Waals surface area contributed by atoms with Gasteiger partial charge in [-0.1, -0.05) is 18.2 Å². The largest absolute Gasteiger partial charge is 0.478 e. The molecule has 0 saturated heterocycles. The number of rotatable bonds is 5. The van der Waals surface area contributed by atoms with E-state index in [-0.39, 0.29) is 6.42 Å². The number of ether oxygens (including phenoxy) is 2. The molecule has 0 spiro atoms. The van der Waals surface area contributed by atoms with Crippen molar-refractivity contribution in [3.8, 4) is 11.8 Å². The number of hydrogen-bond acceptors (Lipinski definition) is 6. The third-order valence-electron chi connectivity index (χ3n) is 4.00. The molecule has 3 rings (SSSR count). The summed E-state index contributed by atoms with van der Waals surface area (Å²) in [6.45, 7) is 1.42. The fourth-order valence-electron chi connectivity index (χ4n) is 2.59. The van der Waals surface area contributed by atoms with E-state index in [1.165, 1.54) is 13.0 Å². The predicted octanol–water partition coefficient (Wildman–Crippen LogP) is 2.22. The van der Waals surface area contributed by atoms with E-state index in [1.54, 1.807) is 42.5 Å².